The summed E-state index contributed by atoms with van der Waals surface area (Å²) < 4.78 is 47.6. The fraction of sp³-hybridized carbons (Fsp3) is 0.0667. The van der Waals surface area contributed by atoms with Crippen molar-refractivity contribution in [1.29, 1.82) is 0 Å². The molecule has 0 N–H and O–H groups in total. The van der Waals surface area contributed by atoms with Crippen molar-refractivity contribution in [2.75, 3.05) is 0 Å². The quantitative estimate of drug-likeness (QED) is 0.625. The smallest absolute Gasteiger partial charge is 0.416 e. The molecule has 1 aliphatic rings. The first-order valence-electron chi connectivity index (χ1n) is 6.10. The van der Waals surface area contributed by atoms with Crippen LogP contribution >= 0.6 is 0 Å². The Bertz CT molecular complexity index is 781. The predicted octanol–water partition coefficient (Wildman–Crippen LogP) is 3.81. The number of benzene rings is 2. The van der Waals surface area contributed by atoms with Crippen molar-refractivity contribution in [2.24, 2.45) is 0 Å². The Morgan fingerprint density at radius 3 is 2.27 bits per heavy atom. The van der Waals surface area contributed by atoms with E-state index in [1.165, 1.54) is 30.3 Å². The molecule has 22 heavy (non-hydrogen) atoms. The summed E-state index contributed by atoms with van der Waals surface area (Å²) >= 11 is 0. The number of hydrogen-bond donors (Lipinski definition) is 0. The van der Waals surface area contributed by atoms with Gasteiger partial charge in [-0.05, 0) is 36.4 Å². The van der Waals surface area contributed by atoms with E-state index in [9.17, 15) is 22.8 Å². The third-order valence-electron chi connectivity index (χ3n) is 3.01. The van der Waals surface area contributed by atoms with Crippen molar-refractivity contribution in [3.63, 3.8) is 0 Å². The summed E-state index contributed by atoms with van der Waals surface area (Å²) in [5.74, 6) is -1.47. The van der Waals surface area contributed by atoms with E-state index in [1.54, 1.807) is 0 Å². The molecule has 7 heteroatoms. The highest BCUT2D eigenvalue weighted by atomic mass is 19.4. The minimum atomic E-state index is -4.48. The average Bonchev–Trinajstić information content (AvgIpc) is 2.73. The van der Waals surface area contributed by atoms with Crippen LogP contribution in [0, 0.1) is 0 Å². The minimum Gasteiger partial charge on any atom is -0.457 e. The topological polar surface area (TPSA) is 52.6 Å². The fourth-order valence-electron chi connectivity index (χ4n) is 2.00. The van der Waals surface area contributed by atoms with Crippen LogP contribution in [0.3, 0.4) is 0 Å². The number of esters is 2. The lowest BCUT2D eigenvalue weighted by molar-refractivity contribution is -0.137. The molecule has 0 atom stereocenters. The van der Waals surface area contributed by atoms with Gasteiger partial charge in [-0.15, -0.1) is 0 Å². The van der Waals surface area contributed by atoms with Crippen LogP contribution in [-0.2, 0) is 10.9 Å². The Morgan fingerprint density at radius 2 is 1.55 bits per heavy atom. The number of hydrogen-bond acceptors (Lipinski definition) is 4. The zero-order valence-corrected chi connectivity index (χ0v) is 10.8. The largest absolute Gasteiger partial charge is 0.457 e. The van der Waals surface area contributed by atoms with E-state index in [0.717, 1.165) is 12.1 Å². The van der Waals surface area contributed by atoms with Gasteiger partial charge in [-0.2, -0.15) is 13.2 Å². The molecule has 0 aromatic heterocycles. The molecular weight excluding hydrogens is 301 g/mol. The summed E-state index contributed by atoms with van der Waals surface area (Å²) in [7, 11) is 0. The van der Waals surface area contributed by atoms with Gasteiger partial charge in [0.05, 0.1) is 16.7 Å². The van der Waals surface area contributed by atoms with Gasteiger partial charge in [-0.25, -0.2) is 9.59 Å². The molecular formula is C15H7F3O4. The van der Waals surface area contributed by atoms with E-state index in [2.05, 4.69) is 4.74 Å². The molecule has 1 aliphatic heterocycles. The zero-order chi connectivity index (χ0) is 15.9. The van der Waals surface area contributed by atoms with Gasteiger partial charge in [0, 0.05) is 0 Å². The van der Waals surface area contributed by atoms with Gasteiger partial charge in [0.15, 0.2) is 0 Å². The normalized spacial score (nSPS) is 13.8. The van der Waals surface area contributed by atoms with E-state index >= 15 is 0 Å². The molecule has 0 spiro atoms. The molecule has 0 unspecified atom stereocenters. The maximum absolute atomic E-state index is 12.6. The molecule has 3 rings (SSSR count). The van der Waals surface area contributed by atoms with Crippen molar-refractivity contribution >= 4 is 11.9 Å². The van der Waals surface area contributed by atoms with Crippen molar-refractivity contribution in [1.82, 2.24) is 0 Å². The van der Waals surface area contributed by atoms with Crippen LogP contribution in [0.15, 0.2) is 42.5 Å². The molecule has 0 amide bonds. The third kappa shape index (κ3) is 2.52. The van der Waals surface area contributed by atoms with E-state index in [4.69, 9.17) is 4.74 Å². The summed E-state index contributed by atoms with van der Waals surface area (Å²) in [6.45, 7) is 0. The number of ether oxygens (including phenoxy) is 2. The molecule has 2 aromatic carbocycles. The molecule has 0 aliphatic carbocycles. The van der Waals surface area contributed by atoms with Gasteiger partial charge in [0.1, 0.15) is 11.5 Å². The van der Waals surface area contributed by atoms with Crippen LogP contribution in [0.25, 0.3) is 0 Å². The van der Waals surface area contributed by atoms with Crippen LogP contribution in [0.2, 0.25) is 0 Å². The molecule has 0 fully saturated rings. The summed E-state index contributed by atoms with van der Waals surface area (Å²) in [5.41, 5.74) is -0.725. The van der Waals surface area contributed by atoms with Crippen LogP contribution in [0.5, 0.6) is 11.5 Å². The second-order valence-electron chi connectivity index (χ2n) is 4.51. The summed E-state index contributed by atoms with van der Waals surface area (Å²) in [6.07, 6.45) is -4.48. The summed E-state index contributed by atoms with van der Waals surface area (Å²) in [5, 5.41) is 0. The second kappa shape index (κ2) is 4.87. The maximum Gasteiger partial charge on any atom is 0.416 e. The Balaban J connectivity index is 1.90. The highest BCUT2D eigenvalue weighted by molar-refractivity contribution is 6.14. The van der Waals surface area contributed by atoms with Gasteiger partial charge in [0.25, 0.3) is 0 Å². The van der Waals surface area contributed by atoms with E-state index in [1.807, 2.05) is 0 Å². The van der Waals surface area contributed by atoms with Crippen LogP contribution < -0.4 is 4.74 Å². The molecule has 0 saturated heterocycles. The number of fused-ring (bicyclic) bond motifs is 1. The van der Waals surface area contributed by atoms with Gasteiger partial charge in [0.2, 0.25) is 0 Å². The molecule has 0 bridgehead atoms. The minimum absolute atomic E-state index is 0.0227. The maximum atomic E-state index is 12.6. The summed E-state index contributed by atoms with van der Waals surface area (Å²) in [6, 6.07) is 8.28. The molecule has 1 heterocycles. The van der Waals surface area contributed by atoms with Crippen LogP contribution in [0.4, 0.5) is 13.2 Å². The third-order valence-corrected chi connectivity index (χ3v) is 3.01. The van der Waals surface area contributed by atoms with Crippen molar-refractivity contribution < 1.29 is 32.2 Å². The second-order valence-corrected chi connectivity index (χ2v) is 4.51. The first-order valence-corrected chi connectivity index (χ1v) is 6.10. The number of carbonyl (C=O) groups is 2. The average molecular weight is 308 g/mol. The Labute approximate surface area is 122 Å². The lowest BCUT2D eigenvalue weighted by Gasteiger charge is -2.10. The monoisotopic (exact) mass is 308 g/mol. The molecule has 2 aromatic rings. The van der Waals surface area contributed by atoms with E-state index in [-0.39, 0.29) is 22.6 Å². The van der Waals surface area contributed by atoms with E-state index < -0.39 is 23.7 Å². The van der Waals surface area contributed by atoms with Gasteiger partial charge in [-0.3, -0.25) is 0 Å². The predicted molar refractivity (Wildman–Crippen MR) is 67.7 cm³/mol. The molecule has 4 nitrogen and oxygen atoms in total. The molecule has 112 valence electrons. The van der Waals surface area contributed by atoms with Gasteiger partial charge >= 0.3 is 18.1 Å². The molecule has 0 radical (unpaired) electrons. The Hall–Kier alpha value is -2.83. The van der Waals surface area contributed by atoms with Crippen molar-refractivity contribution in [2.45, 2.75) is 6.18 Å². The summed E-state index contributed by atoms with van der Waals surface area (Å²) in [4.78, 5) is 22.7. The standard InChI is InChI=1S/C15H7F3O4/c16-15(17,18)8-2-1-3-9(6-8)21-10-4-5-11-12(7-10)14(20)22-13(11)19/h1-7H. The SMILES string of the molecule is O=C1OC(=O)c2cc(Oc3cccc(C(F)(F)F)c3)ccc21. The van der Waals surface area contributed by atoms with E-state index in [0.29, 0.717) is 0 Å². The number of cyclic esters (lactones) is 2. The highest BCUT2D eigenvalue weighted by Crippen LogP contribution is 2.33. The van der Waals surface area contributed by atoms with Gasteiger partial charge in [-0.1, -0.05) is 6.07 Å². The Kier molecular flexibility index (Phi) is 3.13. The first kappa shape index (κ1) is 14.1. The van der Waals surface area contributed by atoms with Gasteiger partial charge < -0.3 is 9.47 Å². The number of carbonyl (C=O) groups excluding carboxylic acids is 2. The highest BCUT2D eigenvalue weighted by Gasteiger charge is 2.31. The van der Waals surface area contributed by atoms with Crippen molar-refractivity contribution in [3.8, 4) is 11.5 Å². The van der Waals surface area contributed by atoms with Crippen molar-refractivity contribution in [3.05, 3.63) is 59.2 Å². The Morgan fingerprint density at radius 1 is 0.864 bits per heavy atom. The number of halogens is 3. The first-order chi connectivity index (χ1) is 10.3. The lowest BCUT2D eigenvalue weighted by atomic mass is 10.1. The van der Waals surface area contributed by atoms with Crippen LogP contribution in [0.1, 0.15) is 26.3 Å². The fourth-order valence-corrected chi connectivity index (χ4v) is 2.00. The molecule has 0 saturated carbocycles. The number of rotatable bonds is 2. The lowest BCUT2D eigenvalue weighted by Crippen LogP contribution is -2.04. The number of alkyl halides is 3. The zero-order valence-electron chi connectivity index (χ0n) is 10.8. The van der Waals surface area contributed by atoms with Crippen LogP contribution in [-0.4, -0.2) is 11.9 Å².